The lowest BCUT2D eigenvalue weighted by atomic mass is 10.2. The van der Waals surface area contributed by atoms with Crippen LogP contribution in [0, 0.1) is 6.92 Å². The molecule has 104 valence electrons. The van der Waals surface area contributed by atoms with E-state index < -0.39 is 0 Å². The Kier molecular flexibility index (Phi) is 3.69. The number of benzene rings is 1. The molecule has 1 aromatic carbocycles. The molecule has 0 saturated heterocycles. The average molecular weight is 287 g/mol. The molecule has 1 aliphatic rings. The molecule has 2 N–H and O–H groups in total. The normalized spacial score (nSPS) is 14.1. The van der Waals surface area contributed by atoms with Gasteiger partial charge < -0.3 is 10.6 Å². The first kappa shape index (κ1) is 13.1. The number of amides is 1. The number of thiazole rings is 1. The van der Waals surface area contributed by atoms with E-state index in [0.29, 0.717) is 11.6 Å². The van der Waals surface area contributed by atoms with Crippen molar-refractivity contribution < 1.29 is 4.79 Å². The first-order chi connectivity index (χ1) is 9.70. The van der Waals surface area contributed by atoms with Gasteiger partial charge in [0.15, 0.2) is 0 Å². The molecule has 0 bridgehead atoms. The van der Waals surface area contributed by atoms with Crippen LogP contribution in [0.25, 0.3) is 0 Å². The third-order valence-electron chi connectivity index (χ3n) is 3.17. The number of hydrogen-bond donors (Lipinski definition) is 2. The second-order valence-electron chi connectivity index (χ2n) is 5.03. The third kappa shape index (κ3) is 3.36. The zero-order valence-corrected chi connectivity index (χ0v) is 12.2. The highest BCUT2D eigenvalue weighted by atomic mass is 32.1. The number of carbonyl (C=O) groups is 1. The fraction of sp³-hybridized carbons (Fsp3) is 0.333. The Morgan fingerprint density at radius 3 is 3.00 bits per heavy atom. The Morgan fingerprint density at radius 2 is 2.30 bits per heavy atom. The monoisotopic (exact) mass is 287 g/mol. The third-order valence-corrected chi connectivity index (χ3v) is 4.09. The number of aromatic nitrogens is 1. The van der Waals surface area contributed by atoms with E-state index >= 15 is 0 Å². The number of carbonyl (C=O) groups excluding carboxylic acids is 1. The maximum Gasteiger partial charge on any atom is 0.251 e. The molecule has 2 aromatic rings. The number of anilines is 1. The molecule has 1 aliphatic carbocycles. The fourth-order valence-corrected chi connectivity index (χ4v) is 2.68. The van der Waals surface area contributed by atoms with Gasteiger partial charge in [-0.2, -0.15) is 0 Å². The van der Waals surface area contributed by atoms with Crippen LogP contribution in [-0.2, 0) is 6.54 Å². The summed E-state index contributed by atoms with van der Waals surface area (Å²) in [5.74, 6) is 0.0183. The van der Waals surface area contributed by atoms with E-state index in [2.05, 4.69) is 15.6 Å². The smallest absolute Gasteiger partial charge is 0.251 e. The minimum absolute atomic E-state index is 0.0183. The standard InChI is InChI=1S/C15H17N3OS/c1-10-16-8-14(20-10)9-17-13-4-2-3-11(7-13)15(19)18-12-5-6-12/h2-4,7-8,12,17H,5-6,9H2,1H3,(H,18,19). The average Bonchev–Trinajstić information content (AvgIpc) is 3.17. The molecule has 1 heterocycles. The van der Waals surface area contributed by atoms with Crippen molar-refractivity contribution in [3.8, 4) is 0 Å². The van der Waals surface area contributed by atoms with Crippen LogP contribution in [0.5, 0.6) is 0 Å². The van der Waals surface area contributed by atoms with Gasteiger partial charge in [0.1, 0.15) is 0 Å². The molecule has 20 heavy (non-hydrogen) atoms. The van der Waals surface area contributed by atoms with E-state index in [-0.39, 0.29) is 5.91 Å². The zero-order chi connectivity index (χ0) is 13.9. The second kappa shape index (κ2) is 5.63. The maximum absolute atomic E-state index is 12.0. The van der Waals surface area contributed by atoms with Gasteiger partial charge in [-0.25, -0.2) is 4.98 Å². The Hall–Kier alpha value is -1.88. The summed E-state index contributed by atoms with van der Waals surface area (Å²) in [5, 5.41) is 7.40. The molecule has 4 nitrogen and oxygen atoms in total. The van der Waals surface area contributed by atoms with Crippen LogP contribution in [0.2, 0.25) is 0 Å². The van der Waals surface area contributed by atoms with Crippen LogP contribution >= 0.6 is 11.3 Å². The molecular weight excluding hydrogens is 270 g/mol. The molecular formula is C15H17N3OS. The van der Waals surface area contributed by atoms with Gasteiger partial charge in [-0.1, -0.05) is 6.07 Å². The largest absolute Gasteiger partial charge is 0.380 e. The van der Waals surface area contributed by atoms with Crippen LogP contribution in [0.4, 0.5) is 5.69 Å². The van der Waals surface area contributed by atoms with Crippen molar-refractivity contribution in [1.82, 2.24) is 10.3 Å². The summed E-state index contributed by atoms with van der Waals surface area (Å²) in [4.78, 5) is 17.4. The summed E-state index contributed by atoms with van der Waals surface area (Å²) in [6, 6.07) is 8.01. The van der Waals surface area contributed by atoms with Crippen LogP contribution in [0.1, 0.15) is 33.1 Å². The minimum Gasteiger partial charge on any atom is -0.380 e. The summed E-state index contributed by atoms with van der Waals surface area (Å²) in [6.07, 6.45) is 4.10. The number of nitrogens with zero attached hydrogens (tertiary/aromatic N) is 1. The van der Waals surface area contributed by atoms with Crippen molar-refractivity contribution in [2.24, 2.45) is 0 Å². The lowest BCUT2D eigenvalue weighted by molar-refractivity contribution is 0.0951. The highest BCUT2D eigenvalue weighted by Crippen LogP contribution is 2.20. The molecule has 0 unspecified atom stereocenters. The lowest BCUT2D eigenvalue weighted by Crippen LogP contribution is -2.25. The first-order valence-corrected chi connectivity index (χ1v) is 7.58. The topological polar surface area (TPSA) is 54.0 Å². The Balaban J connectivity index is 1.62. The van der Waals surface area contributed by atoms with Gasteiger partial charge in [0.2, 0.25) is 0 Å². The molecule has 0 atom stereocenters. The molecule has 1 saturated carbocycles. The number of rotatable bonds is 5. The fourth-order valence-electron chi connectivity index (χ4n) is 1.94. The predicted molar refractivity (Wildman–Crippen MR) is 81.1 cm³/mol. The Bertz CT molecular complexity index is 619. The van der Waals surface area contributed by atoms with E-state index in [0.717, 1.165) is 30.1 Å². The van der Waals surface area contributed by atoms with Gasteiger partial charge in [0.05, 0.1) is 11.6 Å². The van der Waals surface area contributed by atoms with Crippen LogP contribution in [0.15, 0.2) is 30.5 Å². The van der Waals surface area contributed by atoms with Crippen molar-refractivity contribution in [3.05, 3.63) is 45.9 Å². The van der Waals surface area contributed by atoms with Crippen LogP contribution in [0.3, 0.4) is 0 Å². The minimum atomic E-state index is 0.0183. The van der Waals surface area contributed by atoms with Gasteiger partial charge in [0, 0.05) is 28.4 Å². The van der Waals surface area contributed by atoms with Gasteiger partial charge >= 0.3 is 0 Å². The Labute approximate surface area is 122 Å². The number of hydrogen-bond acceptors (Lipinski definition) is 4. The van der Waals surface area contributed by atoms with E-state index in [1.54, 1.807) is 11.3 Å². The summed E-state index contributed by atoms with van der Waals surface area (Å²) in [5.41, 5.74) is 1.67. The molecule has 5 heteroatoms. The van der Waals surface area contributed by atoms with Gasteiger partial charge in [-0.05, 0) is 38.0 Å². The van der Waals surface area contributed by atoms with Crippen molar-refractivity contribution >= 4 is 22.9 Å². The van der Waals surface area contributed by atoms with Crippen LogP contribution in [-0.4, -0.2) is 16.9 Å². The van der Waals surface area contributed by atoms with Crippen LogP contribution < -0.4 is 10.6 Å². The first-order valence-electron chi connectivity index (χ1n) is 6.77. The number of nitrogens with one attached hydrogen (secondary N) is 2. The van der Waals surface area contributed by atoms with Gasteiger partial charge in [-0.15, -0.1) is 11.3 Å². The summed E-state index contributed by atoms with van der Waals surface area (Å²) in [7, 11) is 0. The number of aryl methyl sites for hydroxylation is 1. The van der Waals surface area contributed by atoms with E-state index in [4.69, 9.17) is 0 Å². The summed E-state index contributed by atoms with van der Waals surface area (Å²) in [6.45, 7) is 2.73. The van der Waals surface area contributed by atoms with Crippen molar-refractivity contribution in [2.45, 2.75) is 32.4 Å². The van der Waals surface area contributed by atoms with E-state index in [1.807, 2.05) is 37.4 Å². The molecule has 1 aromatic heterocycles. The maximum atomic E-state index is 12.0. The second-order valence-corrected chi connectivity index (χ2v) is 6.35. The molecule has 0 radical (unpaired) electrons. The van der Waals surface area contributed by atoms with E-state index in [9.17, 15) is 4.79 Å². The van der Waals surface area contributed by atoms with Crippen molar-refractivity contribution in [3.63, 3.8) is 0 Å². The highest BCUT2D eigenvalue weighted by molar-refractivity contribution is 7.11. The molecule has 0 spiro atoms. The molecule has 3 rings (SSSR count). The van der Waals surface area contributed by atoms with Gasteiger partial charge in [0.25, 0.3) is 5.91 Å². The summed E-state index contributed by atoms with van der Waals surface area (Å²) >= 11 is 1.68. The molecule has 1 amide bonds. The SMILES string of the molecule is Cc1ncc(CNc2cccc(C(=O)NC3CC3)c2)s1. The Morgan fingerprint density at radius 1 is 1.45 bits per heavy atom. The quantitative estimate of drug-likeness (QED) is 0.889. The lowest BCUT2D eigenvalue weighted by Gasteiger charge is -2.07. The molecule has 0 aliphatic heterocycles. The van der Waals surface area contributed by atoms with Crippen molar-refractivity contribution in [2.75, 3.05) is 5.32 Å². The predicted octanol–water partition coefficient (Wildman–Crippen LogP) is 2.96. The molecule has 1 fully saturated rings. The van der Waals surface area contributed by atoms with Crippen molar-refractivity contribution in [1.29, 1.82) is 0 Å². The highest BCUT2D eigenvalue weighted by Gasteiger charge is 2.23. The van der Waals surface area contributed by atoms with E-state index in [1.165, 1.54) is 4.88 Å². The van der Waals surface area contributed by atoms with Gasteiger partial charge in [-0.3, -0.25) is 4.79 Å². The summed E-state index contributed by atoms with van der Waals surface area (Å²) < 4.78 is 0. The zero-order valence-electron chi connectivity index (χ0n) is 11.3.